The molecule has 0 saturated carbocycles. The van der Waals surface area contributed by atoms with Gasteiger partial charge in [-0.15, -0.1) is 5.10 Å². The summed E-state index contributed by atoms with van der Waals surface area (Å²) in [4.78, 5) is 3.66. The summed E-state index contributed by atoms with van der Waals surface area (Å²) in [6.45, 7) is 0.202. The molecule has 0 unspecified atom stereocenters. The third-order valence-electron chi connectivity index (χ3n) is 1.03. The van der Waals surface area contributed by atoms with Crippen LogP contribution in [0.4, 0.5) is 4.39 Å². The smallest absolute Gasteiger partial charge is 0.242 e. The van der Waals surface area contributed by atoms with Crippen LogP contribution in [0.3, 0.4) is 0 Å². The Morgan fingerprint density at radius 3 is 3.00 bits per heavy atom. The lowest BCUT2D eigenvalue weighted by molar-refractivity contribution is 0.434. The van der Waals surface area contributed by atoms with Crippen LogP contribution in [0.15, 0.2) is 6.33 Å². The first-order chi connectivity index (χ1) is 4.83. The number of hydrogen-bond acceptors (Lipinski definition) is 2. The second-order valence-corrected chi connectivity index (χ2v) is 2.16. The Hall–Kier alpha value is -0.640. The van der Waals surface area contributed by atoms with Gasteiger partial charge in [0.05, 0.1) is 6.67 Å². The molecule has 0 atom stereocenters. The Kier molecular flexibility index (Phi) is 2.62. The van der Waals surface area contributed by atoms with Crippen LogP contribution in [0.5, 0.6) is 0 Å². The molecule has 10 heavy (non-hydrogen) atoms. The van der Waals surface area contributed by atoms with Crippen molar-refractivity contribution in [3.8, 4) is 0 Å². The number of alkyl halides is 1. The van der Waals surface area contributed by atoms with E-state index in [0.29, 0.717) is 13.0 Å². The van der Waals surface area contributed by atoms with E-state index in [9.17, 15) is 4.39 Å². The van der Waals surface area contributed by atoms with Gasteiger partial charge in [-0.05, 0) is 18.0 Å². The highest BCUT2D eigenvalue weighted by molar-refractivity contribution is 6.28. The van der Waals surface area contributed by atoms with Gasteiger partial charge in [-0.1, -0.05) is 0 Å². The Morgan fingerprint density at radius 2 is 2.50 bits per heavy atom. The summed E-state index contributed by atoms with van der Waals surface area (Å²) in [5, 5.41) is 3.96. The minimum atomic E-state index is -0.336. The highest BCUT2D eigenvalue weighted by atomic mass is 35.5. The average molecular weight is 164 g/mol. The summed E-state index contributed by atoms with van der Waals surface area (Å²) >= 11 is 5.40. The van der Waals surface area contributed by atoms with Crippen molar-refractivity contribution in [2.45, 2.75) is 13.0 Å². The van der Waals surface area contributed by atoms with Crippen LogP contribution < -0.4 is 0 Å². The van der Waals surface area contributed by atoms with Crippen LogP contribution in [-0.2, 0) is 6.54 Å². The lowest BCUT2D eigenvalue weighted by atomic mass is 10.5. The standard InChI is InChI=1S/C5H7ClFN3/c6-5-8-4-10(9-5)3-1-2-7/h4H,1-3H2. The van der Waals surface area contributed by atoms with E-state index in [-0.39, 0.29) is 12.0 Å². The fraction of sp³-hybridized carbons (Fsp3) is 0.600. The Balaban J connectivity index is 2.42. The van der Waals surface area contributed by atoms with Crippen LogP contribution in [0.2, 0.25) is 5.28 Å². The molecule has 5 heteroatoms. The van der Waals surface area contributed by atoms with Gasteiger partial charge in [0.1, 0.15) is 6.33 Å². The number of rotatable bonds is 3. The third-order valence-corrected chi connectivity index (χ3v) is 1.20. The summed E-state index contributed by atoms with van der Waals surface area (Å²) < 4.78 is 13.1. The molecule has 0 fully saturated rings. The fourth-order valence-electron chi connectivity index (χ4n) is 0.601. The van der Waals surface area contributed by atoms with Crippen molar-refractivity contribution >= 4 is 11.6 Å². The molecule has 1 aromatic rings. The summed E-state index contributed by atoms with van der Waals surface area (Å²) in [6.07, 6.45) is 1.94. The zero-order chi connectivity index (χ0) is 7.40. The molecule has 0 radical (unpaired) electrons. The molecular weight excluding hydrogens is 157 g/mol. The number of aryl methyl sites for hydroxylation is 1. The van der Waals surface area contributed by atoms with Crippen LogP contribution in [0, 0.1) is 0 Å². The normalized spacial score (nSPS) is 10.2. The molecule has 1 heterocycles. The van der Waals surface area contributed by atoms with Gasteiger partial charge in [0, 0.05) is 6.54 Å². The lowest BCUT2D eigenvalue weighted by Crippen LogP contribution is -1.98. The largest absolute Gasteiger partial charge is 0.251 e. The van der Waals surface area contributed by atoms with E-state index in [1.165, 1.54) is 11.0 Å². The maximum absolute atomic E-state index is 11.6. The Morgan fingerprint density at radius 1 is 1.70 bits per heavy atom. The molecule has 3 nitrogen and oxygen atoms in total. The van der Waals surface area contributed by atoms with E-state index in [1.54, 1.807) is 0 Å². The van der Waals surface area contributed by atoms with Crippen LogP contribution in [0.1, 0.15) is 6.42 Å². The van der Waals surface area contributed by atoms with Crippen LogP contribution in [-0.4, -0.2) is 21.4 Å². The predicted octanol–water partition coefficient (Wildman–Crippen LogP) is 1.29. The summed E-state index contributed by atoms with van der Waals surface area (Å²) in [5.41, 5.74) is 0. The average Bonchev–Trinajstić information content (AvgIpc) is 2.31. The first-order valence-electron chi connectivity index (χ1n) is 2.94. The molecule has 1 rings (SSSR count). The second-order valence-electron chi connectivity index (χ2n) is 1.82. The second kappa shape index (κ2) is 3.51. The number of hydrogen-bond donors (Lipinski definition) is 0. The van der Waals surface area contributed by atoms with E-state index >= 15 is 0 Å². The zero-order valence-corrected chi connectivity index (χ0v) is 6.05. The van der Waals surface area contributed by atoms with Gasteiger partial charge < -0.3 is 0 Å². The molecule has 0 aromatic carbocycles. The number of halogens is 2. The van der Waals surface area contributed by atoms with Crippen LogP contribution in [0.25, 0.3) is 0 Å². The van der Waals surface area contributed by atoms with E-state index in [0.717, 1.165) is 0 Å². The molecule has 0 bridgehead atoms. The summed E-state index contributed by atoms with van der Waals surface area (Å²) in [7, 11) is 0. The van der Waals surface area contributed by atoms with E-state index < -0.39 is 0 Å². The zero-order valence-electron chi connectivity index (χ0n) is 5.30. The highest BCUT2D eigenvalue weighted by Crippen LogP contribution is 1.97. The van der Waals surface area contributed by atoms with Crippen molar-refractivity contribution in [2.24, 2.45) is 0 Å². The molecule has 0 aliphatic rings. The van der Waals surface area contributed by atoms with Crippen molar-refractivity contribution in [1.29, 1.82) is 0 Å². The maximum Gasteiger partial charge on any atom is 0.242 e. The van der Waals surface area contributed by atoms with Crippen molar-refractivity contribution in [2.75, 3.05) is 6.67 Å². The molecular formula is C5H7ClFN3. The van der Waals surface area contributed by atoms with E-state index in [2.05, 4.69) is 10.1 Å². The summed E-state index contributed by atoms with van der Waals surface area (Å²) in [5.74, 6) is 0. The third kappa shape index (κ3) is 1.95. The van der Waals surface area contributed by atoms with Gasteiger partial charge in [0.2, 0.25) is 5.28 Å². The maximum atomic E-state index is 11.6. The molecule has 0 aliphatic heterocycles. The van der Waals surface area contributed by atoms with Crippen molar-refractivity contribution in [1.82, 2.24) is 14.8 Å². The van der Waals surface area contributed by atoms with Crippen LogP contribution >= 0.6 is 11.6 Å². The van der Waals surface area contributed by atoms with Gasteiger partial charge in [-0.25, -0.2) is 4.98 Å². The SMILES string of the molecule is FCCCn1cnc(Cl)n1. The quantitative estimate of drug-likeness (QED) is 0.673. The molecule has 0 amide bonds. The Labute approximate surface area is 62.8 Å². The monoisotopic (exact) mass is 163 g/mol. The van der Waals surface area contributed by atoms with E-state index in [4.69, 9.17) is 11.6 Å². The fourth-order valence-corrected chi connectivity index (χ4v) is 0.742. The van der Waals surface area contributed by atoms with E-state index in [1.807, 2.05) is 0 Å². The minimum Gasteiger partial charge on any atom is -0.251 e. The highest BCUT2D eigenvalue weighted by Gasteiger charge is 1.94. The minimum absolute atomic E-state index is 0.207. The lowest BCUT2D eigenvalue weighted by Gasteiger charge is -1.93. The van der Waals surface area contributed by atoms with Crippen molar-refractivity contribution < 1.29 is 4.39 Å². The number of aromatic nitrogens is 3. The molecule has 0 spiro atoms. The molecule has 0 N–H and O–H groups in total. The first-order valence-corrected chi connectivity index (χ1v) is 3.31. The van der Waals surface area contributed by atoms with Crippen molar-refractivity contribution in [3.63, 3.8) is 0 Å². The molecule has 0 aliphatic carbocycles. The molecule has 1 aromatic heterocycles. The summed E-state index contributed by atoms with van der Waals surface area (Å²) in [6, 6.07) is 0. The number of nitrogens with zero attached hydrogens (tertiary/aromatic N) is 3. The van der Waals surface area contributed by atoms with Gasteiger partial charge in [0.25, 0.3) is 0 Å². The van der Waals surface area contributed by atoms with Crippen molar-refractivity contribution in [3.05, 3.63) is 11.6 Å². The molecule has 56 valence electrons. The molecule has 0 saturated heterocycles. The first kappa shape index (κ1) is 7.47. The predicted molar refractivity (Wildman–Crippen MR) is 35.6 cm³/mol. The van der Waals surface area contributed by atoms with Gasteiger partial charge in [-0.3, -0.25) is 9.07 Å². The topological polar surface area (TPSA) is 30.7 Å². The van der Waals surface area contributed by atoms with Gasteiger partial charge in [0.15, 0.2) is 0 Å². The van der Waals surface area contributed by atoms with Gasteiger partial charge in [-0.2, -0.15) is 0 Å². The van der Waals surface area contributed by atoms with Gasteiger partial charge >= 0.3 is 0 Å². The Bertz CT molecular complexity index is 201.